The Hall–Kier alpha value is -2.33. The Kier molecular flexibility index (Phi) is 6.66. The number of nitrogens with two attached hydrogens (primary N) is 1. The summed E-state index contributed by atoms with van der Waals surface area (Å²) in [6.07, 6.45) is 0.527. The lowest BCUT2D eigenvalue weighted by molar-refractivity contribution is -0.126. The van der Waals surface area contributed by atoms with Crippen molar-refractivity contribution >= 4 is 28.4 Å². The van der Waals surface area contributed by atoms with E-state index in [9.17, 15) is 9.59 Å². The van der Waals surface area contributed by atoms with Crippen LogP contribution in [0.15, 0.2) is 31.5 Å². The maximum atomic E-state index is 12.8. The Labute approximate surface area is 161 Å². The van der Waals surface area contributed by atoms with Gasteiger partial charge in [0, 0.05) is 11.8 Å². The predicted octanol–water partition coefficient (Wildman–Crippen LogP) is 1.50. The maximum Gasteiger partial charge on any atom is 0.339 e. The quantitative estimate of drug-likeness (QED) is 0.360. The third-order valence-corrected chi connectivity index (χ3v) is 5.18. The Morgan fingerprint density at radius 2 is 2.26 bits per heavy atom. The fraction of sp³-hybridized carbons (Fsp3) is 0.529. The molecule has 1 aliphatic heterocycles. The van der Waals surface area contributed by atoms with Gasteiger partial charge in [0.1, 0.15) is 22.3 Å². The van der Waals surface area contributed by atoms with Crippen molar-refractivity contribution in [2.24, 2.45) is 21.8 Å². The van der Waals surface area contributed by atoms with E-state index in [1.807, 2.05) is 13.8 Å². The average Bonchev–Trinajstić information content (AvgIpc) is 3.03. The van der Waals surface area contributed by atoms with Gasteiger partial charge in [-0.2, -0.15) is 0 Å². The standard InChI is InChI=1S/C17H24N4O5S/c1-9(2)5-12(13-6-11(25-4)7-14(22)26-13)19-16(23)17(18)8-27-15(20-17)10(3)21-24/h6-7,9,12,24H,5,8,18H2,1-4H3,(H,19,23)/b21-10-/t12-,17+/m1/s1. The Balaban J connectivity index is 2.29. The molecule has 0 fully saturated rings. The number of methoxy groups -OCH3 is 1. The summed E-state index contributed by atoms with van der Waals surface area (Å²) >= 11 is 1.24. The van der Waals surface area contributed by atoms with Gasteiger partial charge in [-0.05, 0) is 19.3 Å². The summed E-state index contributed by atoms with van der Waals surface area (Å²) in [5.41, 5.74) is 4.38. The van der Waals surface area contributed by atoms with Gasteiger partial charge in [0.25, 0.3) is 5.91 Å². The zero-order valence-electron chi connectivity index (χ0n) is 15.7. The van der Waals surface area contributed by atoms with Crippen LogP contribution >= 0.6 is 11.8 Å². The third-order valence-electron chi connectivity index (χ3n) is 3.94. The van der Waals surface area contributed by atoms with Crippen molar-refractivity contribution in [3.8, 4) is 5.75 Å². The second kappa shape index (κ2) is 8.57. The fourth-order valence-corrected chi connectivity index (χ4v) is 3.56. The van der Waals surface area contributed by atoms with Gasteiger partial charge in [-0.25, -0.2) is 9.79 Å². The van der Waals surface area contributed by atoms with Gasteiger partial charge in [0.2, 0.25) is 0 Å². The number of thioether (sulfide) groups is 1. The van der Waals surface area contributed by atoms with E-state index in [1.165, 1.54) is 24.9 Å². The summed E-state index contributed by atoms with van der Waals surface area (Å²) in [7, 11) is 1.44. The van der Waals surface area contributed by atoms with Crippen LogP contribution in [0.3, 0.4) is 0 Å². The molecule has 0 bridgehead atoms. The SMILES string of the molecule is COc1cc([C@@H](CC(C)C)NC(=O)[C@]2(N)CSC(/C(C)=N\O)=N2)oc(=O)c1. The van der Waals surface area contributed by atoms with E-state index in [-0.39, 0.29) is 23.1 Å². The molecule has 0 unspecified atom stereocenters. The summed E-state index contributed by atoms with van der Waals surface area (Å²) in [6.45, 7) is 5.54. The van der Waals surface area contributed by atoms with E-state index in [2.05, 4.69) is 15.5 Å². The van der Waals surface area contributed by atoms with Gasteiger partial charge >= 0.3 is 5.63 Å². The number of rotatable bonds is 7. The minimum absolute atomic E-state index is 0.206. The number of ether oxygens (including phenoxy) is 1. The largest absolute Gasteiger partial charge is 0.496 e. The highest BCUT2D eigenvalue weighted by molar-refractivity contribution is 8.16. The van der Waals surface area contributed by atoms with Gasteiger partial charge < -0.3 is 19.7 Å². The van der Waals surface area contributed by atoms with Gasteiger partial charge in [-0.3, -0.25) is 10.5 Å². The molecule has 0 radical (unpaired) electrons. The Morgan fingerprint density at radius 1 is 1.56 bits per heavy atom. The van der Waals surface area contributed by atoms with E-state index in [4.69, 9.17) is 20.1 Å². The molecule has 27 heavy (non-hydrogen) atoms. The van der Waals surface area contributed by atoms with Gasteiger partial charge in [0.05, 0.1) is 19.2 Å². The highest BCUT2D eigenvalue weighted by Crippen LogP contribution is 2.28. The van der Waals surface area contributed by atoms with Crippen LogP contribution in [0.5, 0.6) is 5.75 Å². The minimum Gasteiger partial charge on any atom is -0.496 e. The van der Waals surface area contributed by atoms with Crippen molar-refractivity contribution in [3.05, 3.63) is 28.3 Å². The molecular weight excluding hydrogens is 372 g/mol. The van der Waals surface area contributed by atoms with Crippen LogP contribution in [0.4, 0.5) is 0 Å². The molecule has 148 valence electrons. The van der Waals surface area contributed by atoms with Crippen LogP contribution in [0.1, 0.15) is 39.0 Å². The van der Waals surface area contributed by atoms with Crippen molar-refractivity contribution in [2.75, 3.05) is 12.9 Å². The maximum absolute atomic E-state index is 12.8. The number of amides is 1. The summed E-state index contributed by atoms with van der Waals surface area (Å²) in [4.78, 5) is 28.8. The van der Waals surface area contributed by atoms with Gasteiger partial charge in [-0.1, -0.05) is 19.0 Å². The molecule has 1 aromatic rings. The highest BCUT2D eigenvalue weighted by atomic mass is 32.2. The van der Waals surface area contributed by atoms with Crippen LogP contribution < -0.4 is 21.4 Å². The smallest absolute Gasteiger partial charge is 0.339 e. The number of oxime groups is 1. The summed E-state index contributed by atoms with van der Waals surface area (Å²) in [6, 6.07) is 2.22. The second-order valence-electron chi connectivity index (χ2n) is 6.69. The molecule has 1 aliphatic rings. The van der Waals surface area contributed by atoms with E-state index in [0.29, 0.717) is 17.2 Å². The molecule has 1 aromatic heterocycles. The molecule has 0 aliphatic carbocycles. The number of carbonyl (C=O) groups is 1. The van der Waals surface area contributed by atoms with Gasteiger partial charge in [-0.15, -0.1) is 11.8 Å². The molecule has 2 heterocycles. The van der Waals surface area contributed by atoms with Gasteiger partial charge in [0.15, 0.2) is 5.66 Å². The van der Waals surface area contributed by atoms with Crippen molar-refractivity contribution in [3.63, 3.8) is 0 Å². The molecule has 0 saturated heterocycles. The zero-order chi connectivity index (χ0) is 20.2. The van der Waals surface area contributed by atoms with Crippen LogP contribution in [-0.2, 0) is 4.79 Å². The predicted molar refractivity (Wildman–Crippen MR) is 104 cm³/mol. The number of nitrogens with zero attached hydrogens (tertiary/aromatic N) is 2. The highest BCUT2D eigenvalue weighted by Gasteiger charge is 2.41. The normalized spacial score (nSPS) is 21.1. The lowest BCUT2D eigenvalue weighted by atomic mass is 10.0. The molecule has 10 heteroatoms. The first kappa shape index (κ1) is 21.0. The molecule has 4 N–H and O–H groups in total. The second-order valence-corrected chi connectivity index (χ2v) is 7.65. The monoisotopic (exact) mass is 396 g/mol. The first-order valence-corrected chi connectivity index (χ1v) is 9.37. The molecule has 0 spiro atoms. The van der Waals surface area contributed by atoms with Crippen LogP contribution in [0.2, 0.25) is 0 Å². The fourth-order valence-electron chi connectivity index (χ4n) is 2.53. The first-order valence-electron chi connectivity index (χ1n) is 8.39. The van der Waals surface area contributed by atoms with E-state index < -0.39 is 23.2 Å². The lowest BCUT2D eigenvalue weighted by Crippen LogP contribution is -2.54. The number of hydrogen-bond acceptors (Lipinski definition) is 9. The van der Waals surface area contributed by atoms with Crippen molar-refractivity contribution in [1.29, 1.82) is 0 Å². The van der Waals surface area contributed by atoms with Crippen LogP contribution in [0, 0.1) is 5.92 Å². The first-order chi connectivity index (χ1) is 12.7. The summed E-state index contributed by atoms with van der Waals surface area (Å²) < 4.78 is 10.4. The van der Waals surface area contributed by atoms with Crippen LogP contribution in [0.25, 0.3) is 0 Å². The molecule has 2 atom stereocenters. The molecule has 0 aromatic carbocycles. The van der Waals surface area contributed by atoms with Crippen LogP contribution in [-0.4, -0.2) is 40.4 Å². The number of aliphatic imine (C=N–C) groups is 1. The summed E-state index contributed by atoms with van der Waals surface area (Å²) in [5.74, 6) is 0.539. The topological polar surface area (TPSA) is 140 Å². The molecule has 1 amide bonds. The van der Waals surface area contributed by atoms with Crippen molar-refractivity contribution in [1.82, 2.24) is 5.32 Å². The average molecular weight is 396 g/mol. The summed E-state index contributed by atoms with van der Waals surface area (Å²) in [5, 5.41) is 15.2. The molecule has 0 saturated carbocycles. The zero-order valence-corrected chi connectivity index (χ0v) is 16.5. The lowest BCUT2D eigenvalue weighted by Gasteiger charge is -2.25. The Bertz CT molecular complexity index is 820. The minimum atomic E-state index is -1.50. The molecular formula is C17H24N4O5S. The Morgan fingerprint density at radius 3 is 2.85 bits per heavy atom. The number of nitrogens with one attached hydrogen (secondary N) is 1. The van der Waals surface area contributed by atoms with E-state index in [0.717, 1.165) is 0 Å². The van der Waals surface area contributed by atoms with E-state index >= 15 is 0 Å². The van der Waals surface area contributed by atoms with Crippen molar-refractivity contribution < 1.29 is 19.2 Å². The number of hydrogen-bond donors (Lipinski definition) is 3. The molecule has 9 nitrogen and oxygen atoms in total. The van der Waals surface area contributed by atoms with E-state index in [1.54, 1.807) is 13.0 Å². The third kappa shape index (κ3) is 5.10. The number of carbonyl (C=O) groups excluding carboxylic acids is 1. The molecule has 2 rings (SSSR count). The van der Waals surface area contributed by atoms with Crippen molar-refractivity contribution in [2.45, 2.75) is 38.9 Å².